The molecule has 0 aromatic heterocycles. The van der Waals surface area contributed by atoms with Gasteiger partial charge in [-0.2, -0.15) is 0 Å². The highest BCUT2D eigenvalue weighted by Gasteiger charge is 2.42. The van der Waals surface area contributed by atoms with Crippen molar-refractivity contribution in [1.29, 1.82) is 0 Å². The van der Waals surface area contributed by atoms with Gasteiger partial charge in [-0.15, -0.1) is 0 Å². The van der Waals surface area contributed by atoms with Crippen molar-refractivity contribution in [2.45, 2.75) is 129 Å². The summed E-state index contributed by atoms with van der Waals surface area (Å²) in [4.78, 5) is 73.8. The van der Waals surface area contributed by atoms with Gasteiger partial charge in [0.1, 0.15) is 29.8 Å². The lowest BCUT2D eigenvalue weighted by molar-refractivity contribution is -0.147. The van der Waals surface area contributed by atoms with E-state index in [4.69, 9.17) is 16.3 Å². The molecule has 0 unspecified atom stereocenters. The lowest BCUT2D eigenvalue weighted by Gasteiger charge is -2.36. The molecule has 2 fully saturated rings. The number of nitrogens with one attached hydrogen (secondary N) is 2. The van der Waals surface area contributed by atoms with Gasteiger partial charge in [0.05, 0.1) is 0 Å². The van der Waals surface area contributed by atoms with Gasteiger partial charge < -0.3 is 30.1 Å². The van der Waals surface area contributed by atoms with Crippen LogP contribution in [0.5, 0.6) is 0 Å². The summed E-state index contributed by atoms with van der Waals surface area (Å²) in [6.45, 7) is 9.76. The van der Waals surface area contributed by atoms with Gasteiger partial charge in [-0.1, -0.05) is 67.1 Å². The normalized spacial score (nSPS) is 22.6. The summed E-state index contributed by atoms with van der Waals surface area (Å²) >= 11 is 9.90. The topological polar surface area (TPSA) is 128 Å². The molecule has 2 N–H and O–H groups in total. The Hall–Kier alpha value is -2.86. The third-order valence-electron chi connectivity index (χ3n) is 9.34. The summed E-state index contributed by atoms with van der Waals surface area (Å²) < 4.78 is 6.22. The third-order valence-corrected chi connectivity index (χ3v) is 10.3. The zero-order valence-electron chi connectivity index (χ0n) is 31.0. The van der Waals surface area contributed by atoms with Crippen molar-refractivity contribution in [3.63, 3.8) is 0 Å². The first kappa shape index (κ1) is 41.6. The quantitative estimate of drug-likeness (QED) is 0.336. The van der Waals surface area contributed by atoms with Crippen LogP contribution >= 0.6 is 27.5 Å². The molecule has 280 valence electrons. The van der Waals surface area contributed by atoms with Gasteiger partial charge in [0.15, 0.2) is 0 Å². The molecule has 1 saturated heterocycles. The van der Waals surface area contributed by atoms with Crippen molar-refractivity contribution >= 4 is 57.3 Å². The van der Waals surface area contributed by atoms with Gasteiger partial charge in [0, 0.05) is 43.6 Å². The zero-order chi connectivity index (χ0) is 37.3. The number of likely N-dealkylation sites (N-methyl/N-ethyl adjacent to an activating group) is 3. The van der Waals surface area contributed by atoms with Crippen molar-refractivity contribution in [2.75, 3.05) is 27.7 Å². The third kappa shape index (κ3) is 12.4. The molecule has 0 radical (unpaired) electrons. The van der Waals surface area contributed by atoms with E-state index in [2.05, 4.69) is 26.6 Å². The highest BCUT2D eigenvalue weighted by Crippen LogP contribution is 2.34. The van der Waals surface area contributed by atoms with Gasteiger partial charge in [-0.25, -0.2) is 4.79 Å². The number of alkyl carbamates (subject to hydrolysis) is 1. The van der Waals surface area contributed by atoms with E-state index < -0.39 is 41.8 Å². The smallest absolute Gasteiger partial charge is 0.408 e. The molecule has 1 heterocycles. The molecular weight excluding hydrogens is 726 g/mol. The number of rotatable bonds is 8. The van der Waals surface area contributed by atoms with E-state index in [1.54, 1.807) is 58.9 Å². The molecule has 2 aliphatic rings. The van der Waals surface area contributed by atoms with E-state index in [-0.39, 0.29) is 36.0 Å². The van der Waals surface area contributed by atoms with Crippen LogP contribution < -0.4 is 10.6 Å². The van der Waals surface area contributed by atoms with Crippen LogP contribution in [0.25, 0.3) is 0 Å². The summed E-state index contributed by atoms with van der Waals surface area (Å²) in [5.41, 5.74) is 0.0540. The van der Waals surface area contributed by atoms with E-state index in [0.29, 0.717) is 30.8 Å². The van der Waals surface area contributed by atoms with Crippen molar-refractivity contribution in [3.05, 3.63) is 33.3 Å². The number of nitrogens with zero attached hydrogens (tertiary/aromatic N) is 3. The lowest BCUT2D eigenvalue weighted by atomic mass is 9.98. The van der Waals surface area contributed by atoms with Crippen LogP contribution in [0.1, 0.15) is 98.0 Å². The number of amides is 5. The fourth-order valence-corrected chi connectivity index (χ4v) is 6.96. The number of benzene rings is 1. The Labute approximate surface area is 311 Å². The van der Waals surface area contributed by atoms with Crippen molar-refractivity contribution in [3.8, 4) is 0 Å². The average Bonchev–Trinajstić information content (AvgIpc) is 3.87. The predicted molar refractivity (Wildman–Crippen MR) is 199 cm³/mol. The van der Waals surface area contributed by atoms with Crippen LogP contribution in [-0.4, -0.2) is 102 Å². The van der Waals surface area contributed by atoms with E-state index >= 15 is 0 Å². The first-order valence-electron chi connectivity index (χ1n) is 17.9. The minimum absolute atomic E-state index is 0.0391. The van der Waals surface area contributed by atoms with Gasteiger partial charge >= 0.3 is 6.09 Å². The first-order valence-corrected chi connectivity index (χ1v) is 19.1. The maximum Gasteiger partial charge on any atom is 0.408 e. The molecule has 1 aliphatic carbocycles. The number of carbonyl (C=O) groups excluding carboxylic acids is 5. The minimum atomic E-state index is -0.936. The Balaban J connectivity index is 1.94. The number of hydrogen-bond donors (Lipinski definition) is 2. The molecule has 0 bridgehead atoms. The SMILES string of the molecule is CC(C)C[C@@H]1NC(=O)[C@@H](N(C)C(=O)[C@@H](NC(=O)OC(C)(C)C)C2CC2)CCCCCCCN(C)C(=O)[C@H](Cc2cc(Cl)ccc2Br)N(C)C1=O. The van der Waals surface area contributed by atoms with Crippen LogP contribution in [0, 0.1) is 11.8 Å². The van der Waals surface area contributed by atoms with Gasteiger partial charge in [0.25, 0.3) is 0 Å². The van der Waals surface area contributed by atoms with Crippen LogP contribution in [0.4, 0.5) is 4.79 Å². The molecule has 11 nitrogen and oxygen atoms in total. The summed E-state index contributed by atoms with van der Waals surface area (Å²) in [5.74, 6) is -1.39. The van der Waals surface area contributed by atoms with Gasteiger partial charge in [-0.05, 0) is 88.5 Å². The molecule has 1 aliphatic heterocycles. The molecule has 5 amide bonds. The maximum atomic E-state index is 14.3. The van der Waals surface area contributed by atoms with Gasteiger partial charge in [-0.3, -0.25) is 19.2 Å². The minimum Gasteiger partial charge on any atom is -0.444 e. The average molecular weight is 783 g/mol. The number of ether oxygens (including phenoxy) is 1. The zero-order valence-corrected chi connectivity index (χ0v) is 33.4. The number of halogens is 2. The van der Waals surface area contributed by atoms with Crippen molar-refractivity contribution in [1.82, 2.24) is 25.3 Å². The van der Waals surface area contributed by atoms with E-state index in [1.807, 2.05) is 19.9 Å². The summed E-state index contributed by atoms with van der Waals surface area (Å²) in [6, 6.07) is 1.89. The van der Waals surface area contributed by atoms with Crippen molar-refractivity contribution in [2.24, 2.45) is 11.8 Å². The number of carbonyl (C=O) groups is 5. The second kappa shape index (κ2) is 18.6. The Bertz CT molecular complexity index is 1370. The lowest BCUT2D eigenvalue weighted by Crippen LogP contribution is -2.59. The Morgan fingerprint density at radius 1 is 1.04 bits per heavy atom. The second-order valence-corrected chi connectivity index (χ2v) is 16.6. The molecule has 3 rings (SSSR count). The summed E-state index contributed by atoms with van der Waals surface area (Å²) in [7, 11) is 4.96. The van der Waals surface area contributed by atoms with Crippen molar-refractivity contribution < 1.29 is 28.7 Å². The molecule has 1 aromatic rings. The van der Waals surface area contributed by atoms with E-state index in [1.165, 1.54) is 9.80 Å². The molecule has 1 saturated carbocycles. The standard InChI is InChI=1S/C37H57BrClN5O6/c1-23(2)20-28-33(46)44(8)30(22-25-21-26(39)17-18-27(25)38)34(47)42(6)19-13-11-9-10-12-14-29(32(45)40-28)43(7)35(48)31(24-15-16-24)41-36(49)50-37(3,4)5/h17-18,21,23-24,28-31H,9-16,19-20,22H2,1-8H3,(H,40,45)(H,41,49)/t28-,29-,30-,31-/m0/s1. The van der Waals surface area contributed by atoms with Gasteiger partial charge in [0.2, 0.25) is 23.6 Å². The largest absolute Gasteiger partial charge is 0.444 e. The Morgan fingerprint density at radius 2 is 1.68 bits per heavy atom. The summed E-state index contributed by atoms with van der Waals surface area (Å²) in [6.07, 6.45) is 5.99. The monoisotopic (exact) mass is 781 g/mol. The van der Waals surface area contributed by atoms with Crippen LogP contribution in [-0.2, 0) is 30.3 Å². The molecule has 50 heavy (non-hydrogen) atoms. The number of hydrogen-bond acceptors (Lipinski definition) is 6. The molecule has 0 spiro atoms. The van der Waals surface area contributed by atoms with E-state index in [9.17, 15) is 24.0 Å². The molecular formula is C37H57BrClN5O6. The molecule has 13 heteroatoms. The van der Waals surface area contributed by atoms with Crippen LogP contribution in [0.2, 0.25) is 5.02 Å². The van der Waals surface area contributed by atoms with E-state index in [0.717, 1.165) is 48.6 Å². The predicted octanol–water partition coefficient (Wildman–Crippen LogP) is 5.95. The summed E-state index contributed by atoms with van der Waals surface area (Å²) in [5, 5.41) is 6.27. The molecule has 4 atom stereocenters. The Kier molecular flexibility index (Phi) is 15.4. The Morgan fingerprint density at radius 3 is 2.30 bits per heavy atom. The maximum absolute atomic E-state index is 14.3. The fraction of sp³-hybridized carbons (Fsp3) is 0.703. The highest BCUT2D eigenvalue weighted by atomic mass is 79.9. The highest BCUT2D eigenvalue weighted by molar-refractivity contribution is 9.10. The van der Waals surface area contributed by atoms with Crippen LogP contribution in [0.15, 0.2) is 22.7 Å². The second-order valence-electron chi connectivity index (χ2n) is 15.3. The van der Waals surface area contributed by atoms with Crippen LogP contribution in [0.3, 0.4) is 0 Å². The first-order chi connectivity index (χ1) is 23.4. The fourth-order valence-electron chi connectivity index (χ4n) is 6.36. The molecule has 1 aromatic carbocycles.